The van der Waals surface area contributed by atoms with Gasteiger partial charge in [0.25, 0.3) is 0 Å². The van der Waals surface area contributed by atoms with Crippen LogP contribution < -0.4 is 5.32 Å². The molecule has 0 saturated heterocycles. The summed E-state index contributed by atoms with van der Waals surface area (Å²) in [7, 11) is 0. The van der Waals surface area contributed by atoms with Gasteiger partial charge in [0.15, 0.2) is 11.6 Å². The highest BCUT2D eigenvalue weighted by Crippen LogP contribution is 2.17. The zero-order valence-electron chi connectivity index (χ0n) is 11.7. The van der Waals surface area contributed by atoms with Crippen LogP contribution in [0.15, 0.2) is 48.5 Å². The first-order chi connectivity index (χ1) is 10.7. The summed E-state index contributed by atoms with van der Waals surface area (Å²) >= 11 is 0. The van der Waals surface area contributed by atoms with E-state index in [1.165, 1.54) is 18.2 Å². The number of rotatable bonds is 3. The monoisotopic (exact) mass is 299 g/mol. The number of hydrogen-bond acceptors (Lipinski definition) is 3. The molecule has 0 unspecified atom stereocenters. The van der Waals surface area contributed by atoms with Gasteiger partial charge >= 0.3 is 6.09 Å². The Labute approximate surface area is 127 Å². The van der Waals surface area contributed by atoms with Crippen LogP contribution in [-0.2, 0) is 11.3 Å². The van der Waals surface area contributed by atoms with Crippen LogP contribution in [0.25, 0.3) is 0 Å². The predicted molar refractivity (Wildman–Crippen MR) is 79.6 cm³/mol. The second kappa shape index (κ2) is 7.70. The SMILES string of the molecule is O=C(NCC#Cc1cccc(O)c1F)OCc1ccccc1. The second-order valence-corrected chi connectivity index (χ2v) is 4.36. The number of alkyl carbamates (subject to hydrolysis) is 1. The van der Waals surface area contributed by atoms with Crippen molar-refractivity contribution in [1.29, 1.82) is 0 Å². The fourth-order valence-electron chi connectivity index (χ4n) is 1.65. The van der Waals surface area contributed by atoms with Crippen molar-refractivity contribution in [3.05, 3.63) is 65.5 Å². The lowest BCUT2D eigenvalue weighted by molar-refractivity contribution is 0.141. The molecule has 0 heterocycles. The van der Waals surface area contributed by atoms with Gasteiger partial charge in [0.2, 0.25) is 0 Å². The van der Waals surface area contributed by atoms with Gasteiger partial charge in [0.1, 0.15) is 6.61 Å². The first-order valence-corrected chi connectivity index (χ1v) is 6.57. The Morgan fingerprint density at radius 2 is 1.95 bits per heavy atom. The van der Waals surface area contributed by atoms with E-state index in [4.69, 9.17) is 4.74 Å². The van der Waals surface area contributed by atoms with E-state index in [1.54, 1.807) is 0 Å². The summed E-state index contributed by atoms with van der Waals surface area (Å²) in [6, 6.07) is 13.4. The lowest BCUT2D eigenvalue weighted by atomic mass is 10.2. The summed E-state index contributed by atoms with van der Waals surface area (Å²) in [6.45, 7) is 0.185. The van der Waals surface area contributed by atoms with E-state index in [9.17, 15) is 14.3 Å². The first kappa shape index (κ1) is 15.4. The summed E-state index contributed by atoms with van der Waals surface area (Å²) in [4.78, 5) is 11.4. The maximum atomic E-state index is 13.4. The second-order valence-electron chi connectivity index (χ2n) is 4.36. The molecule has 0 atom stereocenters. The van der Waals surface area contributed by atoms with Crippen molar-refractivity contribution in [2.75, 3.05) is 6.54 Å². The van der Waals surface area contributed by atoms with E-state index in [0.717, 1.165) is 5.56 Å². The van der Waals surface area contributed by atoms with Crippen LogP contribution in [-0.4, -0.2) is 17.7 Å². The first-order valence-electron chi connectivity index (χ1n) is 6.57. The third-order valence-corrected chi connectivity index (χ3v) is 2.74. The van der Waals surface area contributed by atoms with Crippen LogP contribution in [0.2, 0.25) is 0 Å². The third kappa shape index (κ3) is 4.53. The van der Waals surface area contributed by atoms with Gasteiger partial charge in [0, 0.05) is 0 Å². The molecule has 0 saturated carbocycles. The molecule has 2 aromatic rings. The van der Waals surface area contributed by atoms with Crippen LogP contribution >= 0.6 is 0 Å². The molecule has 0 radical (unpaired) electrons. The van der Waals surface area contributed by atoms with Crippen molar-refractivity contribution in [3.63, 3.8) is 0 Å². The van der Waals surface area contributed by atoms with Crippen LogP contribution in [0.1, 0.15) is 11.1 Å². The number of carbonyl (C=O) groups excluding carboxylic acids is 1. The molecule has 0 aromatic heterocycles. The van der Waals surface area contributed by atoms with Gasteiger partial charge in [0.05, 0.1) is 12.1 Å². The van der Waals surface area contributed by atoms with E-state index in [1.807, 2.05) is 30.3 Å². The largest absolute Gasteiger partial charge is 0.505 e. The molecule has 0 spiro atoms. The summed E-state index contributed by atoms with van der Waals surface area (Å²) in [5, 5.41) is 11.6. The van der Waals surface area contributed by atoms with E-state index in [2.05, 4.69) is 17.2 Å². The van der Waals surface area contributed by atoms with E-state index in [-0.39, 0.29) is 18.7 Å². The maximum Gasteiger partial charge on any atom is 0.408 e. The van der Waals surface area contributed by atoms with Gasteiger partial charge < -0.3 is 15.2 Å². The molecule has 2 aromatic carbocycles. The van der Waals surface area contributed by atoms with E-state index >= 15 is 0 Å². The quantitative estimate of drug-likeness (QED) is 0.857. The minimum absolute atomic E-state index is 0.0166. The van der Waals surface area contributed by atoms with E-state index < -0.39 is 17.7 Å². The molecule has 2 rings (SSSR count). The third-order valence-electron chi connectivity index (χ3n) is 2.74. The summed E-state index contributed by atoms with van der Waals surface area (Å²) in [5.41, 5.74) is 0.949. The summed E-state index contributed by atoms with van der Waals surface area (Å²) in [5.74, 6) is 3.88. The molecular formula is C17H14FNO3. The Bertz CT molecular complexity index is 705. The molecule has 112 valence electrons. The Morgan fingerprint density at radius 3 is 2.73 bits per heavy atom. The summed E-state index contributed by atoms with van der Waals surface area (Å²) < 4.78 is 18.4. The molecule has 22 heavy (non-hydrogen) atoms. The number of phenols is 1. The predicted octanol–water partition coefficient (Wildman–Crippen LogP) is 2.81. The summed E-state index contributed by atoms with van der Waals surface area (Å²) in [6.07, 6.45) is -0.602. The Kier molecular flexibility index (Phi) is 5.38. The molecule has 1 amide bonds. The number of aromatic hydroxyl groups is 1. The normalized spacial score (nSPS) is 9.50. The fraction of sp³-hybridized carbons (Fsp3) is 0.118. The van der Waals surface area contributed by atoms with Crippen molar-refractivity contribution < 1.29 is 19.0 Å². The average Bonchev–Trinajstić information content (AvgIpc) is 2.54. The number of phenolic OH excluding ortho intramolecular Hbond substituents is 1. The number of halogens is 1. The van der Waals surface area contributed by atoms with Crippen LogP contribution in [0.3, 0.4) is 0 Å². The Hall–Kier alpha value is -3.00. The molecule has 5 heteroatoms. The smallest absolute Gasteiger partial charge is 0.408 e. The van der Waals surface area contributed by atoms with Crippen LogP contribution in [0, 0.1) is 17.7 Å². The standard InChI is InChI=1S/C17H14FNO3/c18-16-14(8-4-10-15(16)20)9-5-11-19-17(21)22-12-13-6-2-1-3-7-13/h1-4,6-8,10,20H,11-12H2,(H,19,21). The van der Waals surface area contributed by atoms with Gasteiger partial charge in [-0.3, -0.25) is 0 Å². The molecule has 0 bridgehead atoms. The zero-order chi connectivity index (χ0) is 15.8. The van der Waals surface area contributed by atoms with Crippen molar-refractivity contribution in [1.82, 2.24) is 5.32 Å². The molecule has 0 aliphatic rings. The van der Waals surface area contributed by atoms with Crippen molar-refractivity contribution in [3.8, 4) is 17.6 Å². The number of hydrogen-bond donors (Lipinski definition) is 2. The number of ether oxygens (including phenoxy) is 1. The average molecular weight is 299 g/mol. The highest BCUT2D eigenvalue weighted by molar-refractivity contribution is 5.67. The van der Waals surface area contributed by atoms with Crippen molar-refractivity contribution in [2.24, 2.45) is 0 Å². The van der Waals surface area contributed by atoms with Crippen LogP contribution in [0.5, 0.6) is 5.75 Å². The Morgan fingerprint density at radius 1 is 1.18 bits per heavy atom. The van der Waals surface area contributed by atoms with Crippen molar-refractivity contribution in [2.45, 2.75) is 6.61 Å². The fourth-order valence-corrected chi connectivity index (χ4v) is 1.65. The lowest BCUT2D eigenvalue weighted by Crippen LogP contribution is -2.24. The molecule has 0 aliphatic carbocycles. The highest BCUT2D eigenvalue weighted by Gasteiger charge is 2.03. The number of nitrogens with one attached hydrogen (secondary N) is 1. The van der Waals surface area contributed by atoms with E-state index in [0.29, 0.717) is 0 Å². The van der Waals surface area contributed by atoms with Gasteiger partial charge in [-0.25, -0.2) is 9.18 Å². The van der Waals surface area contributed by atoms with Crippen LogP contribution in [0.4, 0.5) is 9.18 Å². The topological polar surface area (TPSA) is 58.6 Å². The van der Waals surface area contributed by atoms with Gasteiger partial charge in [-0.2, -0.15) is 0 Å². The van der Waals surface area contributed by atoms with Gasteiger partial charge in [-0.15, -0.1) is 0 Å². The minimum atomic E-state index is -0.776. The molecule has 4 nitrogen and oxygen atoms in total. The van der Waals surface area contributed by atoms with Crippen molar-refractivity contribution >= 4 is 6.09 Å². The highest BCUT2D eigenvalue weighted by atomic mass is 19.1. The molecular weight excluding hydrogens is 285 g/mol. The maximum absolute atomic E-state index is 13.4. The minimum Gasteiger partial charge on any atom is -0.505 e. The molecule has 0 fully saturated rings. The number of amides is 1. The molecule has 2 N–H and O–H groups in total. The Balaban J connectivity index is 1.78. The van der Waals surface area contributed by atoms with Gasteiger partial charge in [-0.05, 0) is 17.7 Å². The zero-order valence-corrected chi connectivity index (χ0v) is 11.7. The molecule has 0 aliphatic heterocycles. The number of benzene rings is 2. The number of carbonyl (C=O) groups is 1. The van der Waals surface area contributed by atoms with Gasteiger partial charge in [-0.1, -0.05) is 48.2 Å². The lowest BCUT2D eigenvalue weighted by Gasteiger charge is -2.04.